The smallest absolute Gasteiger partial charge is 0.250 e. The Bertz CT molecular complexity index is 836. The van der Waals surface area contributed by atoms with E-state index >= 15 is 0 Å². The van der Waals surface area contributed by atoms with E-state index in [9.17, 15) is 10.1 Å². The Hall–Kier alpha value is -2.81. The van der Waals surface area contributed by atoms with E-state index in [1.807, 2.05) is 30.0 Å². The first kappa shape index (κ1) is 14.8. The second-order valence-electron chi connectivity index (χ2n) is 6.31. The number of hydrogen-bond acceptors (Lipinski definition) is 5. The molecule has 0 N–H and O–H groups in total. The molecule has 2 aromatic rings. The fourth-order valence-electron chi connectivity index (χ4n) is 3.79. The number of nitrogens with zero attached hydrogens (tertiary/aromatic N) is 4. The third-order valence-corrected chi connectivity index (χ3v) is 5.00. The standard InChI is InChI=1S/C18H18N4O2/c1-12-15(10-24-20-12)13-4-2-5-16-14(13)7-9-22(16)18(23)17-6-3-8-21(17)11-19/h2,4-5,10,17H,3,6-9H2,1H3/t17-/m0/s1. The zero-order chi connectivity index (χ0) is 16.7. The summed E-state index contributed by atoms with van der Waals surface area (Å²) in [5.41, 5.74) is 4.99. The molecule has 0 bridgehead atoms. The fourth-order valence-corrected chi connectivity index (χ4v) is 3.79. The van der Waals surface area contributed by atoms with Crippen LogP contribution in [0.15, 0.2) is 29.0 Å². The van der Waals surface area contributed by atoms with Gasteiger partial charge < -0.3 is 9.42 Å². The Morgan fingerprint density at radius 3 is 3.00 bits per heavy atom. The summed E-state index contributed by atoms with van der Waals surface area (Å²) in [5.74, 6) is 0.0343. The van der Waals surface area contributed by atoms with Gasteiger partial charge in [0.25, 0.3) is 0 Å². The Labute approximate surface area is 140 Å². The molecule has 0 radical (unpaired) electrons. The zero-order valence-corrected chi connectivity index (χ0v) is 13.5. The number of hydrogen-bond donors (Lipinski definition) is 0. The van der Waals surface area contributed by atoms with Crippen LogP contribution >= 0.6 is 0 Å². The molecule has 4 rings (SSSR count). The van der Waals surface area contributed by atoms with E-state index < -0.39 is 0 Å². The minimum Gasteiger partial charge on any atom is -0.364 e. The third-order valence-electron chi connectivity index (χ3n) is 5.00. The molecule has 2 aliphatic rings. The van der Waals surface area contributed by atoms with Crippen LogP contribution in [0.4, 0.5) is 5.69 Å². The van der Waals surface area contributed by atoms with Gasteiger partial charge in [0.2, 0.25) is 5.91 Å². The topological polar surface area (TPSA) is 73.4 Å². The molecule has 3 heterocycles. The molecule has 6 heteroatoms. The van der Waals surface area contributed by atoms with E-state index in [1.165, 1.54) is 0 Å². The van der Waals surface area contributed by atoms with Crippen LogP contribution in [0.5, 0.6) is 0 Å². The lowest BCUT2D eigenvalue weighted by Crippen LogP contribution is -2.43. The number of aryl methyl sites for hydroxylation is 1. The minimum absolute atomic E-state index is 0.0343. The highest BCUT2D eigenvalue weighted by atomic mass is 16.5. The first-order valence-corrected chi connectivity index (χ1v) is 8.21. The Morgan fingerprint density at radius 1 is 1.38 bits per heavy atom. The van der Waals surface area contributed by atoms with Crippen molar-refractivity contribution in [3.05, 3.63) is 35.7 Å². The summed E-state index contributed by atoms with van der Waals surface area (Å²) in [5, 5.41) is 13.2. The minimum atomic E-state index is -0.318. The van der Waals surface area contributed by atoms with Crippen molar-refractivity contribution in [2.45, 2.75) is 32.2 Å². The summed E-state index contributed by atoms with van der Waals surface area (Å²) in [6.45, 7) is 3.25. The maximum absolute atomic E-state index is 12.9. The van der Waals surface area contributed by atoms with Crippen molar-refractivity contribution in [2.75, 3.05) is 18.0 Å². The number of aromatic nitrogens is 1. The summed E-state index contributed by atoms with van der Waals surface area (Å²) in [4.78, 5) is 16.4. The predicted octanol–water partition coefficient (Wildman–Crippen LogP) is 2.48. The van der Waals surface area contributed by atoms with E-state index in [0.29, 0.717) is 13.1 Å². The molecule has 2 aliphatic heterocycles. The highest BCUT2D eigenvalue weighted by Crippen LogP contribution is 2.38. The normalized spacial score (nSPS) is 19.4. The van der Waals surface area contributed by atoms with Crippen LogP contribution in [0.3, 0.4) is 0 Å². The molecule has 1 saturated heterocycles. The summed E-state index contributed by atoms with van der Waals surface area (Å²) in [7, 11) is 0. The molecule has 0 unspecified atom stereocenters. The van der Waals surface area contributed by atoms with Gasteiger partial charge in [0.1, 0.15) is 12.3 Å². The van der Waals surface area contributed by atoms with Crippen LogP contribution in [0.1, 0.15) is 24.1 Å². The Morgan fingerprint density at radius 2 is 2.25 bits per heavy atom. The summed E-state index contributed by atoms with van der Waals surface area (Å²) < 4.78 is 5.07. The van der Waals surface area contributed by atoms with Crippen LogP contribution in [0.2, 0.25) is 0 Å². The fraction of sp³-hybridized carbons (Fsp3) is 0.389. The third kappa shape index (κ3) is 2.16. The predicted molar refractivity (Wildman–Crippen MR) is 88.1 cm³/mol. The molecular formula is C18H18N4O2. The number of anilines is 1. The monoisotopic (exact) mass is 322 g/mol. The van der Waals surface area contributed by atoms with Crippen LogP contribution < -0.4 is 4.90 Å². The highest BCUT2D eigenvalue weighted by molar-refractivity contribution is 6.00. The molecule has 0 spiro atoms. The molecule has 24 heavy (non-hydrogen) atoms. The lowest BCUT2D eigenvalue weighted by Gasteiger charge is -2.24. The van der Waals surface area contributed by atoms with Gasteiger partial charge in [-0.15, -0.1) is 0 Å². The second-order valence-corrected chi connectivity index (χ2v) is 6.31. The molecule has 0 saturated carbocycles. The van der Waals surface area contributed by atoms with Crippen LogP contribution in [0, 0.1) is 18.4 Å². The van der Waals surface area contributed by atoms with Crippen LogP contribution in [-0.2, 0) is 11.2 Å². The van der Waals surface area contributed by atoms with E-state index in [2.05, 4.69) is 11.3 Å². The number of fused-ring (bicyclic) bond motifs is 1. The quantitative estimate of drug-likeness (QED) is 0.794. The number of benzene rings is 1. The van der Waals surface area contributed by atoms with Crippen molar-refractivity contribution in [1.82, 2.24) is 10.1 Å². The molecule has 1 atom stereocenters. The number of carbonyl (C=O) groups is 1. The summed E-state index contributed by atoms with van der Waals surface area (Å²) >= 11 is 0. The summed E-state index contributed by atoms with van der Waals surface area (Å²) in [6.07, 6.45) is 6.26. The van der Waals surface area contributed by atoms with Crippen LogP contribution in [0.25, 0.3) is 11.1 Å². The maximum atomic E-state index is 12.9. The molecule has 1 aromatic heterocycles. The maximum Gasteiger partial charge on any atom is 0.250 e. The van der Waals surface area contributed by atoms with Gasteiger partial charge in [-0.1, -0.05) is 17.3 Å². The van der Waals surface area contributed by atoms with Crippen molar-refractivity contribution >= 4 is 11.6 Å². The lowest BCUT2D eigenvalue weighted by atomic mass is 9.98. The van der Waals surface area contributed by atoms with Crippen molar-refractivity contribution in [3.63, 3.8) is 0 Å². The first-order valence-electron chi connectivity index (χ1n) is 8.21. The molecule has 1 fully saturated rings. The summed E-state index contributed by atoms with van der Waals surface area (Å²) in [6, 6.07) is 5.67. The molecular weight excluding hydrogens is 304 g/mol. The van der Waals surface area contributed by atoms with Gasteiger partial charge in [-0.05, 0) is 43.4 Å². The largest absolute Gasteiger partial charge is 0.364 e. The first-order chi connectivity index (χ1) is 11.7. The van der Waals surface area contributed by atoms with Crippen molar-refractivity contribution in [3.8, 4) is 17.3 Å². The van der Waals surface area contributed by atoms with Crippen molar-refractivity contribution in [2.24, 2.45) is 0 Å². The number of amides is 1. The van der Waals surface area contributed by atoms with E-state index in [4.69, 9.17) is 4.52 Å². The van der Waals surface area contributed by atoms with E-state index in [1.54, 1.807) is 11.2 Å². The van der Waals surface area contributed by atoms with Crippen LogP contribution in [-0.4, -0.2) is 35.1 Å². The van der Waals surface area contributed by atoms with Gasteiger partial charge in [-0.25, -0.2) is 0 Å². The number of likely N-dealkylation sites (tertiary alicyclic amines) is 1. The van der Waals surface area contributed by atoms with Gasteiger partial charge in [0, 0.05) is 24.3 Å². The Kier molecular flexibility index (Phi) is 3.49. The molecule has 1 amide bonds. The van der Waals surface area contributed by atoms with E-state index in [0.717, 1.165) is 47.3 Å². The average molecular weight is 322 g/mol. The van der Waals surface area contributed by atoms with Gasteiger partial charge in [0.05, 0.1) is 5.69 Å². The van der Waals surface area contributed by atoms with Crippen molar-refractivity contribution < 1.29 is 9.32 Å². The van der Waals surface area contributed by atoms with Gasteiger partial charge >= 0.3 is 0 Å². The molecule has 122 valence electrons. The number of carbonyl (C=O) groups excluding carboxylic acids is 1. The van der Waals surface area contributed by atoms with Crippen molar-refractivity contribution in [1.29, 1.82) is 5.26 Å². The lowest BCUT2D eigenvalue weighted by molar-refractivity contribution is -0.121. The van der Waals surface area contributed by atoms with Gasteiger partial charge in [-0.2, -0.15) is 5.26 Å². The molecule has 1 aromatic carbocycles. The van der Waals surface area contributed by atoms with Gasteiger partial charge in [0.15, 0.2) is 6.19 Å². The average Bonchev–Trinajstić information content (AvgIpc) is 3.32. The highest BCUT2D eigenvalue weighted by Gasteiger charge is 2.36. The number of rotatable bonds is 2. The number of nitriles is 1. The zero-order valence-electron chi connectivity index (χ0n) is 13.5. The Balaban J connectivity index is 1.69. The SMILES string of the molecule is Cc1nocc1-c1cccc2c1CCN2C(=O)[C@@H]1CCCN1C#N. The second kappa shape index (κ2) is 5.68. The molecule has 0 aliphatic carbocycles. The van der Waals surface area contributed by atoms with Gasteiger partial charge in [-0.3, -0.25) is 9.69 Å². The molecule has 6 nitrogen and oxygen atoms in total. The van der Waals surface area contributed by atoms with E-state index in [-0.39, 0.29) is 11.9 Å².